The molecule has 14 heavy (non-hydrogen) atoms. The van der Waals surface area contributed by atoms with Gasteiger partial charge in [-0.15, -0.1) is 0 Å². The van der Waals surface area contributed by atoms with Crippen LogP contribution in [0.4, 0.5) is 0 Å². The van der Waals surface area contributed by atoms with Crippen molar-refractivity contribution >= 4 is 0 Å². The summed E-state index contributed by atoms with van der Waals surface area (Å²) in [4.78, 5) is 4.05. The molecule has 0 amide bonds. The number of nitrogens with zero attached hydrogens (tertiary/aromatic N) is 2. The quantitative estimate of drug-likeness (QED) is 0.727. The molecule has 0 aliphatic carbocycles. The molecule has 0 unspecified atom stereocenters. The number of aromatic nitrogens is 2. The minimum Gasteiger partial charge on any atom is -0.342 e. The van der Waals surface area contributed by atoms with Crippen molar-refractivity contribution in [1.29, 1.82) is 0 Å². The standard InChI is InChI=1S/C11H12N2O/c1-8(2)9-5-3-4-6-10(9)11-12-7-14-13-11/h3-8H,1-2H3. The van der Waals surface area contributed by atoms with Gasteiger partial charge in [-0.2, -0.15) is 4.98 Å². The minimum absolute atomic E-state index is 0.463. The van der Waals surface area contributed by atoms with Gasteiger partial charge in [0.15, 0.2) is 0 Å². The summed E-state index contributed by atoms with van der Waals surface area (Å²) in [6.07, 6.45) is 1.35. The molecule has 0 bridgehead atoms. The Kier molecular flexibility index (Phi) is 2.31. The normalized spacial score (nSPS) is 10.8. The number of hydrogen-bond acceptors (Lipinski definition) is 3. The third-order valence-electron chi connectivity index (χ3n) is 2.19. The first-order valence-corrected chi connectivity index (χ1v) is 4.64. The van der Waals surface area contributed by atoms with Gasteiger partial charge in [0.25, 0.3) is 0 Å². The molecule has 0 fully saturated rings. The lowest BCUT2D eigenvalue weighted by Crippen LogP contribution is -1.92. The highest BCUT2D eigenvalue weighted by Gasteiger charge is 2.10. The van der Waals surface area contributed by atoms with Crippen molar-refractivity contribution in [2.45, 2.75) is 19.8 Å². The van der Waals surface area contributed by atoms with Crippen molar-refractivity contribution in [3.63, 3.8) is 0 Å². The molecule has 0 saturated heterocycles. The van der Waals surface area contributed by atoms with Gasteiger partial charge in [-0.05, 0) is 11.5 Å². The fraction of sp³-hybridized carbons (Fsp3) is 0.273. The molecular weight excluding hydrogens is 176 g/mol. The smallest absolute Gasteiger partial charge is 0.214 e. The molecule has 2 aromatic rings. The molecule has 0 atom stereocenters. The van der Waals surface area contributed by atoms with Gasteiger partial charge < -0.3 is 4.52 Å². The first-order chi connectivity index (χ1) is 6.79. The Morgan fingerprint density at radius 2 is 2.00 bits per heavy atom. The lowest BCUT2D eigenvalue weighted by Gasteiger charge is -2.08. The zero-order chi connectivity index (χ0) is 9.97. The molecule has 72 valence electrons. The van der Waals surface area contributed by atoms with Gasteiger partial charge in [0.2, 0.25) is 12.2 Å². The second-order valence-electron chi connectivity index (χ2n) is 3.50. The van der Waals surface area contributed by atoms with E-state index in [0.717, 1.165) is 5.56 Å². The SMILES string of the molecule is CC(C)c1ccccc1-c1ncon1. The zero-order valence-corrected chi connectivity index (χ0v) is 8.27. The maximum Gasteiger partial charge on any atom is 0.214 e. The summed E-state index contributed by atoms with van der Waals surface area (Å²) in [7, 11) is 0. The average Bonchev–Trinajstić information content (AvgIpc) is 2.70. The third kappa shape index (κ3) is 1.53. The Morgan fingerprint density at radius 3 is 2.64 bits per heavy atom. The van der Waals surface area contributed by atoms with Crippen molar-refractivity contribution in [1.82, 2.24) is 10.1 Å². The summed E-state index contributed by atoms with van der Waals surface area (Å²) in [6, 6.07) is 8.12. The Morgan fingerprint density at radius 1 is 1.21 bits per heavy atom. The van der Waals surface area contributed by atoms with Gasteiger partial charge in [0, 0.05) is 5.56 Å². The monoisotopic (exact) mass is 188 g/mol. The lowest BCUT2D eigenvalue weighted by molar-refractivity contribution is 0.418. The number of benzene rings is 1. The van der Waals surface area contributed by atoms with Crippen molar-refractivity contribution in [2.24, 2.45) is 0 Å². The van der Waals surface area contributed by atoms with Crippen LogP contribution in [0.1, 0.15) is 25.3 Å². The minimum atomic E-state index is 0.463. The highest BCUT2D eigenvalue weighted by molar-refractivity contribution is 5.60. The van der Waals surface area contributed by atoms with E-state index in [4.69, 9.17) is 4.52 Å². The van der Waals surface area contributed by atoms with Crippen LogP contribution in [0.3, 0.4) is 0 Å². The van der Waals surface area contributed by atoms with Crippen LogP contribution in [-0.2, 0) is 0 Å². The molecule has 0 radical (unpaired) electrons. The Hall–Kier alpha value is -1.64. The van der Waals surface area contributed by atoms with Gasteiger partial charge in [-0.1, -0.05) is 43.3 Å². The van der Waals surface area contributed by atoms with E-state index in [1.54, 1.807) is 0 Å². The molecule has 1 aromatic heterocycles. The van der Waals surface area contributed by atoms with Crippen LogP contribution < -0.4 is 0 Å². The van der Waals surface area contributed by atoms with E-state index in [2.05, 4.69) is 30.1 Å². The first kappa shape index (κ1) is 8.94. The fourth-order valence-electron chi connectivity index (χ4n) is 1.49. The predicted octanol–water partition coefficient (Wildman–Crippen LogP) is 2.86. The maximum absolute atomic E-state index is 4.74. The second-order valence-corrected chi connectivity index (χ2v) is 3.50. The number of rotatable bonds is 2. The highest BCUT2D eigenvalue weighted by Crippen LogP contribution is 2.26. The van der Waals surface area contributed by atoms with Crippen LogP contribution in [-0.4, -0.2) is 10.1 Å². The van der Waals surface area contributed by atoms with Crippen LogP contribution in [0.15, 0.2) is 35.2 Å². The Labute approximate surface area is 82.8 Å². The van der Waals surface area contributed by atoms with E-state index in [1.807, 2.05) is 18.2 Å². The van der Waals surface area contributed by atoms with E-state index in [9.17, 15) is 0 Å². The summed E-state index contributed by atoms with van der Waals surface area (Å²) < 4.78 is 4.74. The van der Waals surface area contributed by atoms with Crippen LogP contribution in [0, 0.1) is 0 Å². The van der Waals surface area contributed by atoms with E-state index in [-0.39, 0.29) is 0 Å². The van der Waals surface area contributed by atoms with Crippen LogP contribution in [0.2, 0.25) is 0 Å². The predicted molar refractivity (Wildman–Crippen MR) is 53.8 cm³/mol. The van der Waals surface area contributed by atoms with E-state index >= 15 is 0 Å². The molecule has 0 aliphatic rings. The van der Waals surface area contributed by atoms with Gasteiger partial charge in [0.05, 0.1) is 0 Å². The number of hydrogen-bond donors (Lipinski definition) is 0. The van der Waals surface area contributed by atoms with E-state index in [0.29, 0.717) is 11.7 Å². The third-order valence-corrected chi connectivity index (χ3v) is 2.19. The van der Waals surface area contributed by atoms with Crippen molar-refractivity contribution in [2.75, 3.05) is 0 Å². The van der Waals surface area contributed by atoms with Gasteiger partial charge in [0.1, 0.15) is 0 Å². The van der Waals surface area contributed by atoms with Gasteiger partial charge in [-0.25, -0.2) is 0 Å². The largest absolute Gasteiger partial charge is 0.342 e. The van der Waals surface area contributed by atoms with Crippen molar-refractivity contribution in [3.8, 4) is 11.4 Å². The molecule has 0 spiro atoms. The molecule has 0 aliphatic heterocycles. The molecule has 0 saturated carbocycles. The molecule has 0 N–H and O–H groups in total. The maximum atomic E-state index is 4.74. The molecule has 1 heterocycles. The summed E-state index contributed by atoms with van der Waals surface area (Å²) in [5.74, 6) is 1.12. The van der Waals surface area contributed by atoms with Crippen LogP contribution >= 0.6 is 0 Å². The summed E-state index contributed by atoms with van der Waals surface area (Å²) in [5.41, 5.74) is 2.30. The first-order valence-electron chi connectivity index (χ1n) is 4.64. The molecule has 2 rings (SSSR count). The fourth-order valence-corrected chi connectivity index (χ4v) is 1.49. The van der Waals surface area contributed by atoms with E-state index in [1.165, 1.54) is 12.0 Å². The van der Waals surface area contributed by atoms with Gasteiger partial charge >= 0.3 is 0 Å². The topological polar surface area (TPSA) is 38.9 Å². The van der Waals surface area contributed by atoms with Crippen LogP contribution in [0.25, 0.3) is 11.4 Å². The highest BCUT2D eigenvalue weighted by atomic mass is 16.5. The van der Waals surface area contributed by atoms with Crippen LogP contribution in [0.5, 0.6) is 0 Å². The molecular formula is C11H12N2O. The zero-order valence-electron chi connectivity index (χ0n) is 8.27. The lowest BCUT2D eigenvalue weighted by atomic mass is 9.97. The summed E-state index contributed by atoms with van der Waals surface area (Å²) >= 11 is 0. The molecule has 1 aromatic carbocycles. The summed E-state index contributed by atoms with van der Waals surface area (Å²) in [6.45, 7) is 4.30. The molecule has 3 nitrogen and oxygen atoms in total. The van der Waals surface area contributed by atoms with Crippen molar-refractivity contribution < 1.29 is 4.52 Å². The average molecular weight is 188 g/mol. The Balaban J connectivity index is 2.53. The van der Waals surface area contributed by atoms with E-state index < -0.39 is 0 Å². The summed E-state index contributed by atoms with van der Waals surface area (Å²) in [5, 5.41) is 3.84. The second kappa shape index (κ2) is 3.62. The Bertz CT molecular complexity index is 407. The van der Waals surface area contributed by atoms with Gasteiger partial charge in [-0.3, -0.25) is 0 Å². The van der Waals surface area contributed by atoms with Crippen molar-refractivity contribution in [3.05, 3.63) is 36.2 Å². The molecule has 3 heteroatoms.